The molecule has 0 unspecified atom stereocenters. The van der Waals surface area contributed by atoms with Crippen LogP contribution in [-0.2, 0) is 11.3 Å². The Labute approximate surface area is 180 Å². The second-order valence-electron chi connectivity index (χ2n) is 6.41. The van der Waals surface area contributed by atoms with Crippen LogP contribution in [-0.4, -0.2) is 32.2 Å². The van der Waals surface area contributed by atoms with Crippen LogP contribution in [0.5, 0.6) is 0 Å². The quantitative estimate of drug-likeness (QED) is 0.208. The number of fused-ring (bicyclic) bond motifs is 1. The number of thiophene rings is 1. The highest BCUT2D eigenvalue weighted by atomic mass is 35.5. The molecule has 0 atom stereocenters. The van der Waals surface area contributed by atoms with Crippen LogP contribution in [0.15, 0.2) is 45.7 Å². The molecule has 1 aromatic carbocycles. The number of unbranched alkanes of at least 4 members (excludes halogenated alkanes) is 2. The molecule has 0 aliphatic heterocycles. The molecule has 0 bridgehead atoms. The SMILES string of the molecule is O=C(O)CCCCCn1c(SCC(=O)c2cccc(Cl)c2)nc2ccsc2c1=O. The summed E-state index contributed by atoms with van der Waals surface area (Å²) in [4.78, 5) is 40.6. The van der Waals surface area contributed by atoms with Gasteiger partial charge in [-0.1, -0.05) is 41.9 Å². The first-order valence-corrected chi connectivity index (χ1v) is 11.3. The van der Waals surface area contributed by atoms with Crippen LogP contribution in [0.3, 0.4) is 0 Å². The Morgan fingerprint density at radius 1 is 1.21 bits per heavy atom. The zero-order valence-electron chi connectivity index (χ0n) is 15.5. The maximum atomic E-state index is 12.9. The molecule has 0 spiro atoms. The van der Waals surface area contributed by atoms with E-state index in [0.717, 1.165) is 0 Å². The van der Waals surface area contributed by atoms with Crippen LogP contribution in [0.1, 0.15) is 36.0 Å². The number of carbonyl (C=O) groups is 2. The average Bonchev–Trinajstić information content (AvgIpc) is 3.16. The minimum atomic E-state index is -0.820. The fourth-order valence-electron chi connectivity index (χ4n) is 2.83. The van der Waals surface area contributed by atoms with Crippen molar-refractivity contribution in [3.05, 3.63) is 56.7 Å². The van der Waals surface area contributed by atoms with Crippen molar-refractivity contribution in [1.82, 2.24) is 9.55 Å². The number of carboxylic acid groups (broad SMARTS) is 1. The Balaban J connectivity index is 1.75. The Hall–Kier alpha value is -2.16. The summed E-state index contributed by atoms with van der Waals surface area (Å²) >= 11 is 8.52. The maximum Gasteiger partial charge on any atom is 0.303 e. The van der Waals surface area contributed by atoms with Gasteiger partial charge in [0.25, 0.3) is 5.56 Å². The lowest BCUT2D eigenvalue weighted by molar-refractivity contribution is -0.137. The number of benzene rings is 1. The molecule has 0 saturated heterocycles. The molecule has 152 valence electrons. The van der Waals surface area contributed by atoms with Crippen LogP contribution in [0.4, 0.5) is 0 Å². The summed E-state index contributed by atoms with van der Waals surface area (Å²) in [5.74, 6) is -0.772. The van der Waals surface area contributed by atoms with E-state index in [1.165, 1.54) is 23.1 Å². The fraction of sp³-hybridized carbons (Fsp3) is 0.300. The topological polar surface area (TPSA) is 89.3 Å². The maximum absolute atomic E-state index is 12.9. The first-order valence-electron chi connectivity index (χ1n) is 9.07. The van der Waals surface area contributed by atoms with Crippen molar-refractivity contribution in [2.24, 2.45) is 0 Å². The van der Waals surface area contributed by atoms with E-state index in [2.05, 4.69) is 4.98 Å². The van der Waals surface area contributed by atoms with Gasteiger partial charge in [0, 0.05) is 23.6 Å². The molecule has 0 amide bonds. The third-order valence-corrected chi connectivity index (χ3v) is 6.39. The lowest BCUT2D eigenvalue weighted by atomic mass is 10.1. The summed E-state index contributed by atoms with van der Waals surface area (Å²) < 4.78 is 2.18. The highest BCUT2D eigenvalue weighted by Crippen LogP contribution is 2.23. The molecule has 0 saturated carbocycles. The van der Waals surface area contributed by atoms with Crippen molar-refractivity contribution >= 4 is 56.7 Å². The number of hydrogen-bond acceptors (Lipinski definition) is 6. The Kier molecular flexibility index (Phi) is 7.46. The van der Waals surface area contributed by atoms with Gasteiger partial charge in [-0.05, 0) is 36.4 Å². The lowest BCUT2D eigenvalue weighted by Crippen LogP contribution is -2.23. The molecule has 3 aromatic rings. The number of carboxylic acids is 1. The second-order valence-corrected chi connectivity index (χ2v) is 8.71. The van der Waals surface area contributed by atoms with Gasteiger partial charge in [-0.15, -0.1) is 11.3 Å². The fourth-order valence-corrected chi connectivity index (χ4v) is 4.72. The van der Waals surface area contributed by atoms with Crippen molar-refractivity contribution in [3.8, 4) is 0 Å². The van der Waals surface area contributed by atoms with E-state index in [1.54, 1.807) is 34.9 Å². The third-order valence-electron chi connectivity index (χ3n) is 4.28. The minimum absolute atomic E-state index is 0.0924. The number of aliphatic carboxylic acids is 1. The number of carbonyl (C=O) groups excluding carboxylic acids is 1. The number of aromatic nitrogens is 2. The van der Waals surface area contributed by atoms with Crippen LogP contribution in [0.25, 0.3) is 10.2 Å². The summed E-state index contributed by atoms with van der Waals surface area (Å²) in [7, 11) is 0. The van der Waals surface area contributed by atoms with Gasteiger partial charge in [0.05, 0.1) is 11.3 Å². The number of hydrogen-bond donors (Lipinski definition) is 1. The van der Waals surface area contributed by atoms with Gasteiger partial charge in [0.1, 0.15) is 4.70 Å². The zero-order valence-corrected chi connectivity index (χ0v) is 17.9. The monoisotopic (exact) mass is 450 g/mol. The van der Waals surface area contributed by atoms with Crippen molar-refractivity contribution in [3.63, 3.8) is 0 Å². The summed E-state index contributed by atoms with van der Waals surface area (Å²) in [6, 6.07) is 8.55. The molecule has 1 N–H and O–H groups in total. The molecule has 9 heteroatoms. The van der Waals surface area contributed by atoms with Gasteiger partial charge in [-0.25, -0.2) is 4.98 Å². The van der Waals surface area contributed by atoms with E-state index in [4.69, 9.17) is 16.7 Å². The largest absolute Gasteiger partial charge is 0.481 e. The van der Waals surface area contributed by atoms with Gasteiger partial charge in [-0.2, -0.15) is 0 Å². The van der Waals surface area contributed by atoms with Gasteiger partial charge in [-0.3, -0.25) is 19.0 Å². The van der Waals surface area contributed by atoms with Crippen molar-refractivity contribution in [2.75, 3.05) is 5.75 Å². The molecule has 6 nitrogen and oxygen atoms in total. The summed E-state index contributed by atoms with van der Waals surface area (Å²) in [6.07, 6.45) is 2.05. The van der Waals surface area contributed by atoms with Crippen LogP contribution < -0.4 is 5.56 Å². The predicted molar refractivity (Wildman–Crippen MR) is 116 cm³/mol. The molecule has 2 aromatic heterocycles. The second kappa shape index (κ2) is 10.0. The van der Waals surface area contributed by atoms with Crippen LogP contribution in [0, 0.1) is 0 Å². The molecule has 0 radical (unpaired) electrons. The Morgan fingerprint density at radius 2 is 2.03 bits per heavy atom. The summed E-state index contributed by atoms with van der Waals surface area (Å²) in [6.45, 7) is 0.437. The number of Topliss-reactive ketones (excluding diaryl/α,β-unsaturated/α-hetero) is 1. The van der Waals surface area contributed by atoms with Crippen molar-refractivity contribution in [1.29, 1.82) is 0 Å². The molecule has 0 fully saturated rings. The summed E-state index contributed by atoms with van der Waals surface area (Å²) in [5.41, 5.74) is 1.02. The van der Waals surface area contributed by atoms with Crippen molar-refractivity contribution in [2.45, 2.75) is 37.4 Å². The molecule has 0 aliphatic carbocycles. The van der Waals surface area contributed by atoms with Gasteiger partial charge >= 0.3 is 5.97 Å². The molecule has 29 heavy (non-hydrogen) atoms. The predicted octanol–water partition coefficient (Wildman–Crippen LogP) is 4.73. The Morgan fingerprint density at radius 3 is 2.79 bits per heavy atom. The molecule has 3 rings (SSSR count). The first-order chi connectivity index (χ1) is 14.0. The molecule has 0 aliphatic rings. The normalized spacial score (nSPS) is 11.1. The smallest absolute Gasteiger partial charge is 0.303 e. The number of halogens is 1. The van der Waals surface area contributed by atoms with Gasteiger partial charge in [0.15, 0.2) is 10.9 Å². The van der Waals surface area contributed by atoms with Gasteiger partial charge in [0.2, 0.25) is 0 Å². The first kappa shape index (κ1) is 21.5. The van der Waals surface area contributed by atoms with E-state index in [1.807, 2.05) is 5.38 Å². The van der Waals surface area contributed by atoms with Crippen molar-refractivity contribution < 1.29 is 14.7 Å². The number of rotatable bonds is 10. The van der Waals surface area contributed by atoms with Crippen LogP contribution in [0.2, 0.25) is 5.02 Å². The average molecular weight is 451 g/mol. The highest BCUT2D eigenvalue weighted by molar-refractivity contribution is 7.99. The zero-order chi connectivity index (χ0) is 20.8. The van der Waals surface area contributed by atoms with E-state index in [-0.39, 0.29) is 23.5 Å². The van der Waals surface area contributed by atoms with E-state index < -0.39 is 5.97 Å². The van der Waals surface area contributed by atoms with E-state index in [9.17, 15) is 14.4 Å². The third kappa shape index (κ3) is 5.68. The molecular weight excluding hydrogens is 432 g/mol. The van der Waals surface area contributed by atoms with E-state index >= 15 is 0 Å². The summed E-state index contributed by atoms with van der Waals surface area (Å²) in [5, 5.41) is 11.6. The molecule has 2 heterocycles. The minimum Gasteiger partial charge on any atom is -0.481 e. The van der Waals surface area contributed by atoms with Crippen LogP contribution >= 0.6 is 34.7 Å². The van der Waals surface area contributed by atoms with E-state index in [0.29, 0.717) is 51.8 Å². The number of thioether (sulfide) groups is 1. The van der Waals surface area contributed by atoms with Gasteiger partial charge < -0.3 is 5.11 Å². The lowest BCUT2D eigenvalue weighted by Gasteiger charge is -2.11. The Bertz CT molecular complexity index is 1090. The number of ketones is 1. The standard InChI is InChI=1S/C20H19ClN2O4S2/c21-14-6-4-5-13(11-14)16(24)12-29-20-22-15-8-10-28-18(15)19(27)23(20)9-3-1-2-7-17(25)26/h4-6,8,10-11H,1-3,7,9,12H2,(H,25,26). The molecular formula is C20H19ClN2O4S2. The number of nitrogens with zero attached hydrogens (tertiary/aromatic N) is 2. The highest BCUT2D eigenvalue weighted by Gasteiger charge is 2.15.